The minimum Gasteiger partial charge on any atom is -0.502 e. The first kappa shape index (κ1) is 18.9. The van der Waals surface area contributed by atoms with E-state index in [9.17, 15) is 24.8 Å². The lowest BCUT2D eigenvalue weighted by molar-refractivity contribution is -0.385. The molecule has 0 saturated heterocycles. The number of H-pyrrole nitrogens is 1. The molecule has 0 atom stereocenters. The fraction of sp³-hybridized carbons (Fsp3) is 0.222. The summed E-state index contributed by atoms with van der Waals surface area (Å²) in [6.07, 6.45) is 2.64. The lowest BCUT2D eigenvalue weighted by atomic mass is 10.1. The molecule has 8 heteroatoms. The van der Waals surface area contributed by atoms with E-state index in [2.05, 4.69) is 4.98 Å². The maximum absolute atomic E-state index is 12.4. The van der Waals surface area contributed by atoms with Crippen LogP contribution in [0.3, 0.4) is 0 Å². The highest BCUT2D eigenvalue weighted by Crippen LogP contribution is 2.27. The lowest BCUT2D eigenvalue weighted by Gasteiger charge is -2.02. The van der Waals surface area contributed by atoms with Crippen LogP contribution in [-0.4, -0.2) is 33.4 Å². The molecule has 2 aromatic rings. The van der Waals surface area contributed by atoms with Gasteiger partial charge in [0.25, 0.3) is 0 Å². The highest BCUT2D eigenvalue weighted by Gasteiger charge is 2.21. The molecule has 0 aliphatic heterocycles. The van der Waals surface area contributed by atoms with E-state index in [1.807, 2.05) is 0 Å². The van der Waals surface area contributed by atoms with E-state index in [1.54, 1.807) is 20.8 Å². The van der Waals surface area contributed by atoms with Crippen LogP contribution in [-0.2, 0) is 4.74 Å². The number of aromatic nitrogens is 1. The van der Waals surface area contributed by atoms with E-state index in [1.165, 1.54) is 24.3 Å². The minimum atomic E-state index is -0.710. The van der Waals surface area contributed by atoms with Crippen molar-refractivity contribution in [1.82, 2.24) is 4.98 Å². The zero-order valence-corrected chi connectivity index (χ0v) is 14.5. The Hall–Kier alpha value is -3.42. The highest BCUT2D eigenvalue weighted by atomic mass is 16.6. The van der Waals surface area contributed by atoms with Crippen LogP contribution in [0.4, 0.5) is 5.69 Å². The van der Waals surface area contributed by atoms with Gasteiger partial charge in [0.2, 0.25) is 5.78 Å². The second-order valence-electron chi connectivity index (χ2n) is 5.55. The predicted octanol–water partition coefficient (Wildman–Crippen LogP) is 3.32. The van der Waals surface area contributed by atoms with Crippen molar-refractivity contribution in [2.45, 2.75) is 20.8 Å². The van der Waals surface area contributed by atoms with E-state index >= 15 is 0 Å². The van der Waals surface area contributed by atoms with Gasteiger partial charge in [0, 0.05) is 11.8 Å². The number of hydrogen-bond acceptors (Lipinski definition) is 6. The predicted molar refractivity (Wildman–Crippen MR) is 94.3 cm³/mol. The summed E-state index contributed by atoms with van der Waals surface area (Å²) in [6, 6.07) is 3.80. The van der Waals surface area contributed by atoms with Crippen molar-refractivity contribution < 1.29 is 24.4 Å². The molecular formula is C18H18N2O6. The zero-order valence-electron chi connectivity index (χ0n) is 14.5. The number of nitro benzene ring substituents is 1. The number of aromatic hydroxyl groups is 1. The molecule has 0 aliphatic carbocycles. The van der Waals surface area contributed by atoms with E-state index in [4.69, 9.17) is 4.74 Å². The number of aryl methyl sites for hydroxylation is 1. The van der Waals surface area contributed by atoms with Gasteiger partial charge in [0.05, 0.1) is 22.8 Å². The fourth-order valence-corrected chi connectivity index (χ4v) is 2.55. The number of benzene rings is 1. The first-order valence-corrected chi connectivity index (χ1v) is 7.82. The monoisotopic (exact) mass is 358 g/mol. The van der Waals surface area contributed by atoms with E-state index in [0.29, 0.717) is 22.4 Å². The standard InChI is InChI=1S/C18H18N2O6/c1-4-26-18(23)16-10(2)17(19-11(16)3)15(22)8-6-12-5-7-14(21)13(9-12)20(24)25/h5-9,19,21H,4H2,1-3H3/b8-6+. The number of allylic oxidation sites excluding steroid dienone is 1. The molecule has 0 spiro atoms. The average Bonchev–Trinajstić information content (AvgIpc) is 2.88. The number of nitrogens with zero attached hydrogens (tertiary/aromatic N) is 1. The number of nitrogens with one attached hydrogen (secondary N) is 1. The van der Waals surface area contributed by atoms with Crippen molar-refractivity contribution >= 4 is 23.5 Å². The molecule has 0 fully saturated rings. The molecule has 0 unspecified atom stereocenters. The van der Waals surface area contributed by atoms with Crippen molar-refractivity contribution in [1.29, 1.82) is 0 Å². The molecule has 0 bridgehead atoms. The molecule has 2 rings (SSSR count). The summed E-state index contributed by atoms with van der Waals surface area (Å²) in [7, 11) is 0. The topological polar surface area (TPSA) is 123 Å². The summed E-state index contributed by atoms with van der Waals surface area (Å²) in [5.74, 6) is -1.35. The lowest BCUT2D eigenvalue weighted by Crippen LogP contribution is -2.07. The number of nitro groups is 1. The number of hydrogen-bond donors (Lipinski definition) is 2. The maximum atomic E-state index is 12.4. The van der Waals surface area contributed by atoms with Crippen LogP contribution in [0.15, 0.2) is 24.3 Å². The van der Waals surface area contributed by atoms with Gasteiger partial charge in [-0.05, 0) is 44.0 Å². The molecule has 0 amide bonds. The summed E-state index contributed by atoms with van der Waals surface area (Å²) >= 11 is 0. The normalized spacial score (nSPS) is 10.9. The maximum Gasteiger partial charge on any atom is 0.340 e. The van der Waals surface area contributed by atoms with Crippen molar-refractivity contribution in [2.75, 3.05) is 6.61 Å². The largest absolute Gasteiger partial charge is 0.502 e. The van der Waals surface area contributed by atoms with E-state index in [-0.39, 0.29) is 12.3 Å². The van der Waals surface area contributed by atoms with Crippen molar-refractivity contribution in [3.63, 3.8) is 0 Å². The third-order valence-electron chi connectivity index (χ3n) is 3.79. The van der Waals surface area contributed by atoms with Crippen LogP contribution in [0.25, 0.3) is 6.08 Å². The SMILES string of the molecule is CCOC(=O)c1c(C)[nH]c(C(=O)/C=C/c2ccc(O)c([N+](=O)[O-])c2)c1C. The Bertz CT molecular complexity index is 911. The second-order valence-corrected chi connectivity index (χ2v) is 5.55. The number of phenols is 1. The average molecular weight is 358 g/mol. The molecule has 1 aromatic carbocycles. The third kappa shape index (κ3) is 3.80. The number of esters is 1. The molecule has 26 heavy (non-hydrogen) atoms. The van der Waals surface area contributed by atoms with Crippen molar-refractivity contribution in [2.24, 2.45) is 0 Å². The summed E-state index contributed by atoms with van der Waals surface area (Å²) in [4.78, 5) is 37.4. The van der Waals surface area contributed by atoms with Crippen LogP contribution in [0, 0.1) is 24.0 Å². The number of carbonyl (C=O) groups excluding carboxylic acids is 2. The summed E-state index contributed by atoms with van der Waals surface area (Å²) in [5.41, 5.74) is 1.51. The second kappa shape index (κ2) is 7.64. The van der Waals surface area contributed by atoms with Gasteiger partial charge in [-0.25, -0.2) is 4.79 Å². The smallest absolute Gasteiger partial charge is 0.340 e. The molecule has 136 valence electrons. The van der Waals surface area contributed by atoms with E-state index in [0.717, 1.165) is 6.07 Å². The Morgan fingerprint density at radius 1 is 1.35 bits per heavy atom. The van der Waals surface area contributed by atoms with Crippen LogP contribution in [0.1, 0.15) is 44.6 Å². The first-order chi connectivity index (χ1) is 12.3. The van der Waals surface area contributed by atoms with Crippen LogP contribution in [0.5, 0.6) is 5.75 Å². The van der Waals surface area contributed by atoms with Gasteiger partial charge in [-0.2, -0.15) is 0 Å². The molecule has 1 aromatic heterocycles. The molecule has 2 N–H and O–H groups in total. The molecule has 0 saturated carbocycles. The van der Waals surface area contributed by atoms with Gasteiger partial charge < -0.3 is 14.8 Å². The number of rotatable bonds is 6. The number of ether oxygens (including phenoxy) is 1. The molecule has 8 nitrogen and oxygen atoms in total. The Morgan fingerprint density at radius 3 is 2.65 bits per heavy atom. The molecule has 0 radical (unpaired) electrons. The Labute approximate surface area is 149 Å². The minimum absolute atomic E-state index is 0.228. The van der Waals surface area contributed by atoms with Crippen LogP contribution in [0.2, 0.25) is 0 Å². The van der Waals surface area contributed by atoms with Gasteiger partial charge in [-0.3, -0.25) is 14.9 Å². The van der Waals surface area contributed by atoms with Crippen LogP contribution < -0.4 is 0 Å². The quantitative estimate of drug-likeness (QED) is 0.268. The first-order valence-electron chi connectivity index (χ1n) is 7.82. The summed E-state index contributed by atoms with van der Waals surface area (Å²) < 4.78 is 4.98. The molecule has 0 aliphatic rings. The summed E-state index contributed by atoms with van der Waals surface area (Å²) in [6.45, 7) is 5.23. The van der Waals surface area contributed by atoms with Gasteiger partial charge in [-0.15, -0.1) is 0 Å². The highest BCUT2D eigenvalue weighted by molar-refractivity contribution is 6.08. The molecule has 1 heterocycles. The zero-order chi connectivity index (χ0) is 19.4. The Kier molecular flexibility index (Phi) is 5.56. The summed E-state index contributed by atoms with van der Waals surface area (Å²) in [5, 5.41) is 20.3. The Morgan fingerprint density at radius 2 is 2.04 bits per heavy atom. The third-order valence-corrected chi connectivity index (χ3v) is 3.79. The van der Waals surface area contributed by atoms with Crippen molar-refractivity contribution in [3.05, 3.63) is 62.5 Å². The van der Waals surface area contributed by atoms with Crippen molar-refractivity contribution in [3.8, 4) is 5.75 Å². The molecular weight excluding hydrogens is 340 g/mol. The van der Waals surface area contributed by atoms with E-state index < -0.39 is 28.1 Å². The van der Waals surface area contributed by atoms with Gasteiger partial charge in [0.1, 0.15) is 0 Å². The fourth-order valence-electron chi connectivity index (χ4n) is 2.55. The number of carbonyl (C=O) groups is 2. The van der Waals surface area contributed by atoms with Gasteiger partial charge in [-0.1, -0.05) is 12.1 Å². The van der Waals surface area contributed by atoms with Gasteiger partial charge >= 0.3 is 11.7 Å². The van der Waals surface area contributed by atoms with Crippen LogP contribution >= 0.6 is 0 Å². The number of ketones is 1. The number of phenolic OH excluding ortho intramolecular Hbond substituents is 1. The number of aromatic amines is 1. The Balaban J connectivity index is 2.30. The van der Waals surface area contributed by atoms with Gasteiger partial charge in [0.15, 0.2) is 5.75 Å².